The standard InChI is InChI=1S/C14H21N7/c1-9-11(8-20(2)19-9)13-16-14(18-17-13)21-5-3-4-10-6-15-7-12(10)21/h8,10,12,15H,3-7H2,1-2H3,(H,16,17,18). The summed E-state index contributed by atoms with van der Waals surface area (Å²) in [5.41, 5.74) is 1.99. The third-order valence-electron chi connectivity index (χ3n) is 4.68. The van der Waals surface area contributed by atoms with E-state index in [0.29, 0.717) is 6.04 Å². The number of aromatic amines is 1. The molecule has 0 amide bonds. The highest BCUT2D eigenvalue weighted by Gasteiger charge is 2.36. The highest BCUT2D eigenvalue weighted by atomic mass is 15.4. The Morgan fingerprint density at radius 1 is 1.33 bits per heavy atom. The number of nitrogens with zero attached hydrogens (tertiary/aromatic N) is 5. The molecule has 2 atom stereocenters. The van der Waals surface area contributed by atoms with Crippen LogP contribution in [0.4, 0.5) is 5.95 Å². The Morgan fingerprint density at radius 2 is 2.24 bits per heavy atom. The van der Waals surface area contributed by atoms with Gasteiger partial charge in [-0.05, 0) is 25.7 Å². The number of hydrogen-bond acceptors (Lipinski definition) is 5. The first-order valence-electron chi connectivity index (χ1n) is 7.63. The molecule has 2 aliphatic heterocycles. The second kappa shape index (κ2) is 4.84. The Bertz CT molecular complexity index is 644. The fourth-order valence-corrected chi connectivity index (χ4v) is 3.65. The van der Waals surface area contributed by atoms with Gasteiger partial charge in [0.25, 0.3) is 0 Å². The maximum Gasteiger partial charge on any atom is 0.245 e. The number of nitrogens with one attached hydrogen (secondary N) is 2. The van der Waals surface area contributed by atoms with Gasteiger partial charge < -0.3 is 10.2 Å². The summed E-state index contributed by atoms with van der Waals surface area (Å²) >= 11 is 0. The molecule has 7 nitrogen and oxygen atoms in total. The van der Waals surface area contributed by atoms with Crippen LogP contribution >= 0.6 is 0 Å². The molecule has 2 unspecified atom stereocenters. The minimum atomic E-state index is 0.539. The largest absolute Gasteiger partial charge is 0.335 e. The van der Waals surface area contributed by atoms with Crippen LogP contribution in [0.25, 0.3) is 11.4 Å². The van der Waals surface area contributed by atoms with Crippen molar-refractivity contribution in [3.8, 4) is 11.4 Å². The van der Waals surface area contributed by atoms with E-state index in [1.165, 1.54) is 12.8 Å². The zero-order chi connectivity index (χ0) is 14.4. The topological polar surface area (TPSA) is 74.7 Å². The molecule has 4 heterocycles. The average molecular weight is 287 g/mol. The van der Waals surface area contributed by atoms with Crippen LogP contribution in [0, 0.1) is 12.8 Å². The Morgan fingerprint density at radius 3 is 3.05 bits per heavy atom. The lowest BCUT2D eigenvalue weighted by atomic mass is 9.92. The molecule has 0 saturated carbocycles. The molecule has 21 heavy (non-hydrogen) atoms. The molecule has 2 aliphatic rings. The van der Waals surface area contributed by atoms with E-state index in [-0.39, 0.29) is 0 Å². The van der Waals surface area contributed by atoms with Crippen molar-refractivity contribution in [2.24, 2.45) is 13.0 Å². The lowest BCUT2D eigenvalue weighted by Gasteiger charge is -2.36. The summed E-state index contributed by atoms with van der Waals surface area (Å²) < 4.78 is 1.81. The molecule has 2 N–H and O–H groups in total. The maximum atomic E-state index is 4.72. The first kappa shape index (κ1) is 12.8. The van der Waals surface area contributed by atoms with Crippen molar-refractivity contribution in [3.05, 3.63) is 11.9 Å². The fraction of sp³-hybridized carbons (Fsp3) is 0.643. The molecule has 4 rings (SSSR count). The Labute approximate surface area is 123 Å². The number of fused-ring (bicyclic) bond motifs is 1. The van der Waals surface area contributed by atoms with E-state index in [1.54, 1.807) is 0 Å². The highest BCUT2D eigenvalue weighted by Crippen LogP contribution is 2.30. The lowest BCUT2D eigenvalue weighted by Crippen LogP contribution is -2.45. The molecule has 2 aromatic heterocycles. The molecular formula is C14H21N7. The third kappa shape index (κ3) is 2.12. The third-order valence-corrected chi connectivity index (χ3v) is 4.68. The Hall–Kier alpha value is -1.89. The van der Waals surface area contributed by atoms with Crippen molar-refractivity contribution in [3.63, 3.8) is 0 Å². The summed E-state index contributed by atoms with van der Waals surface area (Å²) in [7, 11) is 1.92. The van der Waals surface area contributed by atoms with Crippen LogP contribution in [0.2, 0.25) is 0 Å². The van der Waals surface area contributed by atoms with Gasteiger partial charge in [-0.3, -0.25) is 9.78 Å². The van der Waals surface area contributed by atoms with E-state index in [4.69, 9.17) is 4.98 Å². The van der Waals surface area contributed by atoms with Crippen molar-refractivity contribution in [2.75, 3.05) is 24.5 Å². The molecule has 2 aromatic rings. The molecule has 0 aliphatic carbocycles. The monoisotopic (exact) mass is 287 g/mol. The van der Waals surface area contributed by atoms with E-state index in [9.17, 15) is 0 Å². The Balaban J connectivity index is 1.63. The van der Waals surface area contributed by atoms with Crippen LogP contribution < -0.4 is 10.2 Å². The first-order chi connectivity index (χ1) is 10.2. The summed E-state index contributed by atoms with van der Waals surface area (Å²) in [5.74, 6) is 2.37. The minimum Gasteiger partial charge on any atom is -0.335 e. The molecule has 7 heteroatoms. The molecule has 2 fully saturated rings. The minimum absolute atomic E-state index is 0.539. The quantitative estimate of drug-likeness (QED) is 0.850. The number of piperidine rings is 1. The van der Waals surface area contributed by atoms with Gasteiger partial charge in [-0.2, -0.15) is 10.1 Å². The SMILES string of the molecule is Cc1nn(C)cc1-c1nc(N2CCCC3CNCC32)n[nH]1. The van der Waals surface area contributed by atoms with Crippen LogP contribution in [0.3, 0.4) is 0 Å². The molecule has 0 radical (unpaired) electrons. The second-order valence-corrected chi connectivity index (χ2v) is 6.11. The molecule has 0 aromatic carbocycles. The van der Waals surface area contributed by atoms with Crippen LogP contribution in [-0.2, 0) is 7.05 Å². The van der Waals surface area contributed by atoms with Crippen LogP contribution in [0.15, 0.2) is 6.20 Å². The first-order valence-corrected chi connectivity index (χ1v) is 7.63. The smallest absolute Gasteiger partial charge is 0.245 e. The van der Waals surface area contributed by atoms with Gasteiger partial charge >= 0.3 is 0 Å². The van der Waals surface area contributed by atoms with E-state index >= 15 is 0 Å². The van der Waals surface area contributed by atoms with Crippen molar-refractivity contribution < 1.29 is 0 Å². The van der Waals surface area contributed by atoms with Crippen molar-refractivity contribution in [1.82, 2.24) is 30.3 Å². The molecule has 0 bridgehead atoms. The van der Waals surface area contributed by atoms with E-state index < -0.39 is 0 Å². The van der Waals surface area contributed by atoms with E-state index in [1.807, 2.05) is 24.9 Å². The van der Waals surface area contributed by atoms with Crippen LogP contribution in [0.5, 0.6) is 0 Å². The number of hydrogen-bond donors (Lipinski definition) is 2. The van der Waals surface area contributed by atoms with Crippen LogP contribution in [-0.4, -0.2) is 50.6 Å². The summed E-state index contributed by atoms with van der Waals surface area (Å²) in [6, 6.07) is 0.539. The number of rotatable bonds is 2. The van der Waals surface area contributed by atoms with E-state index in [0.717, 1.165) is 48.6 Å². The van der Waals surface area contributed by atoms with Crippen molar-refractivity contribution >= 4 is 5.95 Å². The second-order valence-electron chi connectivity index (χ2n) is 6.11. The number of aromatic nitrogens is 5. The zero-order valence-electron chi connectivity index (χ0n) is 12.5. The van der Waals surface area contributed by atoms with Crippen molar-refractivity contribution in [1.29, 1.82) is 0 Å². The van der Waals surface area contributed by atoms with Gasteiger partial charge in [-0.25, -0.2) is 0 Å². The number of anilines is 1. The predicted molar refractivity (Wildman–Crippen MR) is 80.0 cm³/mol. The van der Waals surface area contributed by atoms with Gasteiger partial charge in [0, 0.05) is 38.9 Å². The molecule has 0 spiro atoms. The fourth-order valence-electron chi connectivity index (χ4n) is 3.65. The number of H-pyrrole nitrogens is 1. The summed E-state index contributed by atoms with van der Waals surface area (Å²) in [6.07, 6.45) is 4.52. The van der Waals surface area contributed by atoms with E-state index in [2.05, 4.69) is 25.5 Å². The molecular weight excluding hydrogens is 266 g/mol. The summed E-state index contributed by atoms with van der Waals surface area (Å²) in [5, 5.41) is 15.4. The lowest BCUT2D eigenvalue weighted by molar-refractivity contribution is 0.381. The molecule has 2 saturated heterocycles. The highest BCUT2D eigenvalue weighted by molar-refractivity contribution is 5.58. The predicted octanol–water partition coefficient (Wildman–Crippen LogP) is 0.702. The summed E-state index contributed by atoms with van der Waals surface area (Å²) in [6.45, 7) is 5.21. The number of aryl methyl sites for hydroxylation is 2. The summed E-state index contributed by atoms with van der Waals surface area (Å²) in [4.78, 5) is 7.08. The van der Waals surface area contributed by atoms with Crippen molar-refractivity contribution in [2.45, 2.75) is 25.8 Å². The van der Waals surface area contributed by atoms with Gasteiger partial charge in [0.15, 0.2) is 5.82 Å². The van der Waals surface area contributed by atoms with Crippen LogP contribution in [0.1, 0.15) is 18.5 Å². The van der Waals surface area contributed by atoms with Gasteiger partial charge in [-0.1, -0.05) is 0 Å². The maximum absolute atomic E-state index is 4.72. The van der Waals surface area contributed by atoms with Gasteiger partial charge in [0.2, 0.25) is 5.95 Å². The zero-order valence-corrected chi connectivity index (χ0v) is 12.5. The van der Waals surface area contributed by atoms with Gasteiger partial charge in [0.1, 0.15) is 0 Å². The molecule has 112 valence electrons. The normalized spacial score (nSPS) is 25.3. The van der Waals surface area contributed by atoms with Gasteiger partial charge in [-0.15, -0.1) is 5.10 Å². The Kier molecular flexibility index (Phi) is 2.95. The average Bonchev–Trinajstić information content (AvgIpc) is 3.17. The van der Waals surface area contributed by atoms with Gasteiger partial charge in [0.05, 0.1) is 11.3 Å².